The Balaban J connectivity index is 2.30. The topological polar surface area (TPSA) is 63.7 Å². The largest absolute Gasteiger partial charge is 0.461 e. The fourth-order valence-electron chi connectivity index (χ4n) is 1.30. The van der Waals surface area contributed by atoms with Crippen molar-refractivity contribution in [3.8, 4) is 0 Å². The van der Waals surface area contributed by atoms with Gasteiger partial charge in [-0.25, -0.2) is 0 Å². The maximum Gasteiger partial charge on any atom is 0.307 e. The number of esters is 1. The number of rotatable bonds is 5. The molecule has 0 bridgehead atoms. The van der Waals surface area contributed by atoms with Crippen molar-refractivity contribution in [1.29, 1.82) is 0 Å². The highest BCUT2D eigenvalue weighted by molar-refractivity contribution is 6.02. The van der Waals surface area contributed by atoms with Gasteiger partial charge in [0.2, 0.25) is 11.8 Å². The molecule has 2 amide bonds. The highest BCUT2D eigenvalue weighted by Gasteiger charge is 2.28. The maximum absolute atomic E-state index is 11.1. The van der Waals surface area contributed by atoms with Crippen molar-refractivity contribution in [2.75, 3.05) is 13.2 Å². The summed E-state index contributed by atoms with van der Waals surface area (Å²) in [5.41, 5.74) is 0. The second kappa shape index (κ2) is 5.29. The van der Waals surface area contributed by atoms with E-state index in [-0.39, 0.29) is 44.2 Å². The van der Waals surface area contributed by atoms with E-state index in [1.807, 2.05) is 0 Å². The van der Waals surface area contributed by atoms with Gasteiger partial charge in [0.05, 0.1) is 6.42 Å². The summed E-state index contributed by atoms with van der Waals surface area (Å²) in [6.45, 7) is 3.67. The number of hydrogen-bond donors (Lipinski definition) is 0. The average molecular weight is 211 g/mol. The van der Waals surface area contributed by atoms with Crippen molar-refractivity contribution in [3.63, 3.8) is 0 Å². The van der Waals surface area contributed by atoms with Gasteiger partial charge in [-0.15, -0.1) is 0 Å². The molecule has 0 radical (unpaired) electrons. The lowest BCUT2D eigenvalue weighted by Crippen LogP contribution is -2.31. The van der Waals surface area contributed by atoms with Crippen LogP contribution in [-0.2, 0) is 19.1 Å². The van der Waals surface area contributed by atoms with Gasteiger partial charge < -0.3 is 4.74 Å². The Labute approximate surface area is 87.7 Å². The van der Waals surface area contributed by atoms with Crippen molar-refractivity contribution in [3.05, 3.63) is 12.7 Å². The molecule has 5 nitrogen and oxygen atoms in total. The van der Waals surface area contributed by atoms with E-state index in [9.17, 15) is 14.4 Å². The van der Waals surface area contributed by atoms with Crippen LogP contribution in [0.3, 0.4) is 0 Å². The SMILES string of the molecule is C=CCOC(=O)CCN1C(=O)CCC1=O. The number of carbonyl (C=O) groups is 3. The van der Waals surface area contributed by atoms with Crippen molar-refractivity contribution < 1.29 is 19.1 Å². The Hall–Kier alpha value is -1.65. The van der Waals surface area contributed by atoms with E-state index in [4.69, 9.17) is 4.74 Å². The van der Waals surface area contributed by atoms with Crippen LogP contribution in [0.2, 0.25) is 0 Å². The molecule has 0 aromatic heterocycles. The highest BCUT2D eigenvalue weighted by Crippen LogP contribution is 2.11. The van der Waals surface area contributed by atoms with Gasteiger partial charge in [0.15, 0.2) is 0 Å². The first-order valence-electron chi connectivity index (χ1n) is 4.75. The molecule has 82 valence electrons. The molecule has 1 aliphatic heterocycles. The van der Waals surface area contributed by atoms with Crippen LogP contribution < -0.4 is 0 Å². The summed E-state index contributed by atoms with van der Waals surface area (Å²) in [5.74, 6) is -0.851. The van der Waals surface area contributed by atoms with Crippen LogP contribution in [0.1, 0.15) is 19.3 Å². The number of ether oxygens (including phenoxy) is 1. The predicted octanol–water partition coefficient (Wildman–Crippen LogP) is 0.255. The molecule has 15 heavy (non-hydrogen) atoms. The Morgan fingerprint density at radius 2 is 2.00 bits per heavy atom. The molecule has 0 atom stereocenters. The summed E-state index contributed by atoms with van der Waals surface area (Å²) in [7, 11) is 0. The minimum atomic E-state index is -0.428. The third-order valence-corrected chi connectivity index (χ3v) is 2.06. The zero-order valence-corrected chi connectivity index (χ0v) is 8.40. The molecule has 0 saturated carbocycles. The molecule has 1 fully saturated rings. The molecular weight excluding hydrogens is 198 g/mol. The number of amides is 2. The van der Waals surface area contributed by atoms with E-state index >= 15 is 0 Å². The smallest absolute Gasteiger partial charge is 0.307 e. The summed E-state index contributed by atoms with van der Waals surface area (Å²) < 4.78 is 4.72. The lowest BCUT2D eigenvalue weighted by atomic mass is 10.4. The summed E-state index contributed by atoms with van der Waals surface area (Å²) in [5, 5.41) is 0. The quantitative estimate of drug-likeness (QED) is 0.371. The first-order valence-corrected chi connectivity index (χ1v) is 4.75. The maximum atomic E-state index is 11.1. The molecule has 1 aliphatic rings. The fraction of sp³-hybridized carbons (Fsp3) is 0.500. The lowest BCUT2D eigenvalue weighted by molar-refractivity contribution is -0.144. The Kier molecular flexibility index (Phi) is 4.03. The van der Waals surface area contributed by atoms with Gasteiger partial charge in [-0.05, 0) is 0 Å². The zero-order chi connectivity index (χ0) is 11.3. The first-order chi connectivity index (χ1) is 7.15. The molecule has 0 aromatic carbocycles. The van der Waals surface area contributed by atoms with Gasteiger partial charge in [0.25, 0.3) is 0 Å². The Morgan fingerprint density at radius 1 is 1.40 bits per heavy atom. The molecule has 0 spiro atoms. The second-order valence-electron chi connectivity index (χ2n) is 3.16. The summed E-state index contributed by atoms with van der Waals surface area (Å²) in [4.78, 5) is 34.5. The van der Waals surface area contributed by atoms with Crippen LogP contribution in [0.5, 0.6) is 0 Å². The Bertz CT molecular complexity index is 282. The van der Waals surface area contributed by atoms with Crippen LogP contribution in [0.4, 0.5) is 0 Å². The number of hydrogen-bond acceptors (Lipinski definition) is 4. The van der Waals surface area contributed by atoms with Gasteiger partial charge in [-0.2, -0.15) is 0 Å². The van der Waals surface area contributed by atoms with Crippen molar-refractivity contribution in [1.82, 2.24) is 4.90 Å². The molecule has 5 heteroatoms. The third kappa shape index (κ3) is 3.19. The highest BCUT2D eigenvalue weighted by atomic mass is 16.5. The van der Waals surface area contributed by atoms with Gasteiger partial charge in [0, 0.05) is 19.4 Å². The van der Waals surface area contributed by atoms with E-state index in [2.05, 4.69) is 6.58 Å². The molecule has 1 saturated heterocycles. The number of likely N-dealkylation sites (tertiary alicyclic amines) is 1. The van der Waals surface area contributed by atoms with Gasteiger partial charge in [0.1, 0.15) is 6.61 Å². The van der Waals surface area contributed by atoms with E-state index in [1.54, 1.807) is 0 Å². The van der Waals surface area contributed by atoms with Gasteiger partial charge in [-0.3, -0.25) is 19.3 Å². The third-order valence-electron chi connectivity index (χ3n) is 2.06. The molecular formula is C10H13NO4. The van der Waals surface area contributed by atoms with E-state index < -0.39 is 5.97 Å². The van der Waals surface area contributed by atoms with E-state index in [0.717, 1.165) is 4.90 Å². The van der Waals surface area contributed by atoms with Crippen LogP contribution >= 0.6 is 0 Å². The molecule has 1 heterocycles. The summed E-state index contributed by atoms with van der Waals surface area (Å²) in [6, 6.07) is 0. The number of nitrogens with zero attached hydrogens (tertiary/aromatic N) is 1. The first kappa shape index (κ1) is 11.4. The van der Waals surface area contributed by atoms with Gasteiger partial charge in [-0.1, -0.05) is 12.7 Å². The van der Waals surface area contributed by atoms with Crippen LogP contribution in [0, 0.1) is 0 Å². The summed E-state index contributed by atoms with van der Waals surface area (Å²) in [6.07, 6.45) is 2.01. The van der Waals surface area contributed by atoms with Crippen molar-refractivity contribution in [2.45, 2.75) is 19.3 Å². The average Bonchev–Trinajstić information content (AvgIpc) is 2.53. The van der Waals surface area contributed by atoms with Crippen molar-refractivity contribution >= 4 is 17.8 Å². The standard InChI is InChI=1S/C10H13NO4/c1-2-7-15-10(14)5-6-11-8(12)3-4-9(11)13/h2H,1,3-7H2. The van der Waals surface area contributed by atoms with E-state index in [0.29, 0.717) is 0 Å². The number of carbonyl (C=O) groups excluding carboxylic acids is 3. The minimum Gasteiger partial charge on any atom is -0.461 e. The predicted molar refractivity (Wildman–Crippen MR) is 51.7 cm³/mol. The van der Waals surface area contributed by atoms with Crippen LogP contribution in [-0.4, -0.2) is 35.8 Å². The van der Waals surface area contributed by atoms with Crippen molar-refractivity contribution in [2.24, 2.45) is 0 Å². The van der Waals surface area contributed by atoms with E-state index in [1.165, 1.54) is 6.08 Å². The van der Waals surface area contributed by atoms with Gasteiger partial charge >= 0.3 is 5.97 Å². The Morgan fingerprint density at radius 3 is 2.53 bits per heavy atom. The fourth-order valence-corrected chi connectivity index (χ4v) is 1.30. The summed E-state index contributed by atoms with van der Waals surface area (Å²) >= 11 is 0. The lowest BCUT2D eigenvalue weighted by Gasteiger charge is -2.12. The monoisotopic (exact) mass is 211 g/mol. The molecule has 0 unspecified atom stereocenters. The van der Waals surface area contributed by atoms with Crippen LogP contribution in [0.25, 0.3) is 0 Å². The molecule has 0 N–H and O–H groups in total. The van der Waals surface area contributed by atoms with Crippen LogP contribution in [0.15, 0.2) is 12.7 Å². The molecule has 0 aliphatic carbocycles. The second-order valence-corrected chi connectivity index (χ2v) is 3.16. The molecule has 0 aromatic rings. The minimum absolute atomic E-state index is 0.0469. The normalized spacial score (nSPS) is 15.6. The number of imide groups is 1. The molecule has 1 rings (SSSR count). The zero-order valence-electron chi connectivity index (χ0n) is 8.40.